The van der Waals surface area contributed by atoms with Crippen molar-refractivity contribution in [3.63, 3.8) is 0 Å². The number of H-pyrrole nitrogens is 2. The first-order chi connectivity index (χ1) is 13.5. The predicted molar refractivity (Wildman–Crippen MR) is 111 cm³/mol. The van der Waals surface area contributed by atoms with Crippen LogP contribution in [0.15, 0.2) is 22.7 Å². The molecule has 148 valence electrons. The molecule has 0 spiro atoms. The number of halogens is 1. The van der Waals surface area contributed by atoms with Gasteiger partial charge in [-0.05, 0) is 40.0 Å². The lowest BCUT2D eigenvalue weighted by Gasteiger charge is -2.25. The molecule has 3 N–H and O–H groups in total. The van der Waals surface area contributed by atoms with Crippen molar-refractivity contribution in [1.82, 2.24) is 25.1 Å². The molecule has 0 bridgehead atoms. The Balaban J connectivity index is 1.49. The molecule has 9 heteroatoms. The summed E-state index contributed by atoms with van der Waals surface area (Å²) < 4.78 is 6.09. The molecule has 0 atom stereocenters. The van der Waals surface area contributed by atoms with Crippen LogP contribution in [0, 0.1) is 0 Å². The molecule has 1 aliphatic rings. The lowest BCUT2D eigenvalue weighted by atomic mass is 10.1. The molecule has 1 fully saturated rings. The largest absolute Gasteiger partial charge is 0.379 e. The van der Waals surface area contributed by atoms with Crippen LogP contribution < -0.4 is 5.32 Å². The van der Waals surface area contributed by atoms with Gasteiger partial charge in [-0.25, -0.2) is 4.98 Å². The predicted octanol–water partition coefficient (Wildman–Crippen LogP) is 3.26. The number of anilines is 1. The van der Waals surface area contributed by atoms with Crippen molar-refractivity contribution in [2.24, 2.45) is 0 Å². The van der Waals surface area contributed by atoms with Crippen LogP contribution in [0.3, 0.4) is 0 Å². The highest BCUT2D eigenvalue weighted by atomic mass is 79.9. The molecule has 3 aromatic rings. The van der Waals surface area contributed by atoms with E-state index in [1.807, 2.05) is 32.0 Å². The zero-order valence-electron chi connectivity index (χ0n) is 15.9. The van der Waals surface area contributed by atoms with Crippen LogP contribution in [-0.4, -0.2) is 57.3 Å². The summed E-state index contributed by atoms with van der Waals surface area (Å²) in [6.45, 7) is 8.19. The molecule has 1 aliphatic heterocycles. The molecular weight excluding hydrogens is 424 g/mol. The Labute approximate surface area is 171 Å². The number of carbonyl (C=O) groups excluding carboxylic acids is 1. The summed E-state index contributed by atoms with van der Waals surface area (Å²) in [5.41, 5.74) is 3.72. The van der Waals surface area contributed by atoms with Crippen molar-refractivity contribution >= 4 is 38.6 Å². The van der Waals surface area contributed by atoms with Gasteiger partial charge in [0.05, 0.1) is 41.0 Å². The number of aromatic amines is 2. The molecule has 0 saturated carbocycles. The maximum atomic E-state index is 12.6. The second-order valence-corrected chi connectivity index (χ2v) is 8.01. The van der Waals surface area contributed by atoms with Gasteiger partial charge in [-0.15, -0.1) is 0 Å². The SMILES string of the molecule is CC(C)c1[nH]nc(C(=O)Nc2ccc3nc(CN4CCOCC4)[nH]c3c2)c1Br. The molecule has 1 aromatic carbocycles. The Hall–Kier alpha value is -2.23. The van der Waals surface area contributed by atoms with Gasteiger partial charge in [0.1, 0.15) is 5.82 Å². The van der Waals surface area contributed by atoms with Crippen LogP contribution in [0.4, 0.5) is 5.69 Å². The Morgan fingerprint density at radius 2 is 2.14 bits per heavy atom. The van der Waals surface area contributed by atoms with Crippen LogP contribution in [0.1, 0.15) is 41.8 Å². The van der Waals surface area contributed by atoms with Gasteiger partial charge in [0.2, 0.25) is 0 Å². The van der Waals surface area contributed by atoms with Crippen molar-refractivity contribution in [2.75, 3.05) is 31.6 Å². The standard InChI is InChI=1S/C19H23BrN6O2/c1-11(2)17-16(20)18(25-24-17)19(27)21-12-3-4-13-14(9-12)23-15(22-13)10-26-5-7-28-8-6-26/h3-4,9,11H,5-8,10H2,1-2H3,(H,21,27)(H,22,23)(H,24,25). The third-order valence-electron chi connectivity index (χ3n) is 4.79. The van der Waals surface area contributed by atoms with E-state index < -0.39 is 0 Å². The molecule has 4 rings (SSSR count). The van der Waals surface area contributed by atoms with E-state index in [9.17, 15) is 4.79 Å². The van der Waals surface area contributed by atoms with E-state index in [0.29, 0.717) is 15.9 Å². The minimum atomic E-state index is -0.262. The number of benzene rings is 1. The number of hydrogen-bond acceptors (Lipinski definition) is 5. The summed E-state index contributed by atoms with van der Waals surface area (Å²) in [5.74, 6) is 0.897. The minimum absolute atomic E-state index is 0.245. The molecule has 0 unspecified atom stereocenters. The molecule has 3 heterocycles. The summed E-state index contributed by atoms with van der Waals surface area (Å²) in [5, 5.41) is 9.98. The smallest absolute Gasteiger partial charge is 0.277 e. The molecule has 0 aliphatic carbocycles. The number of imidazole rings is 1. The number of hydrogen-bond donors (Lipinski definition) is 3. The molecule has 2 aromatic heterocycles. The molecule has 8 nitrogen and oxygen atoms in total. The third-order valence-corrected chi connectivity index (χ3v) is 5.59. The van der Waals surface area contributed by atoms with E-state index >= 15 is 0 Å². The summed E-state index contributed by atoms with van der Waals surface area (Å²) in [4.78, 5) is 22.9. The number of morpholine rings is 1. The van der Waals surface area contributed by atoms with Crippen molar-refractivity contribution in [3.8, 4) is 0 Å². The topological polar surface area (TPSA) is 98.9 Å². The van der Waals surface area contributed by atoms with E-state index in [-0.39, 0.29) is 11.8 Å². The number of nitrogens with zero attached hydrogens (tertiary/aromatic N) is 3. The van der Waals surface area contributed by atoms with Gasteiger partial charge in [0, 0.05) is 18.8 Å². The molecular formula is C19H23BrN6O2. The minimum Gasteiger partial charge on any atom is -0.379 e. The second kappa shape index (κ2) is 8.02. The van der Waals surface area contributed by atoms with Crippen LogP contribution in [0.2, 0.25) is 0 Å². The maximum Gasteiger partial charge on any atom is 0.277 e. The summed E-state index contributed by atoms with van der Waals surface area (Å²) in [6.07, 6.45) is 0. The van der Waals surface area contributed by atoms with Gasteiger partial charge in [0.25, 0.3) is 5.91 Å². The van der Waals surface area contributed by atoms with Gasteiger partial charge < -0.3 is 15.0 Å². The van der Waals surface area contributed by atoms with Crippen molar-refractivity contribution in [3.05, 3.63) is 39.9 Å². The number of nitrogens with one attached hydrogen (secondary N) is 3. The number of carbonyl (C=O) groups is 1. The first-order valence-electron chi connectivity index (χ1n) is 9.35. The first-order valence-corrected chi connectivity index (χ1v) is 10.1. The lowest BCUT2D eigenvalue weighted by Crippen LogP contribution is -2.35. The molecule has 28 heavy (non-hydrogen) atoms. The summed E-state index contributed by atoms with van der Waals surface area (Å²) in [6, 6.07) is 5.65. The fourth-order valence-electron chi connectivity index (χ4n) is 3.25. The molecule has 0 radical (unpaired) electrons. The van der Waals surface area contributed by atoms with E-state index in [1.165, 1.54) is 0 Å². The van der Waals surface area contributed by atoms with Crippen LogP contribution in [-0.2, 0) is 11.3 Å². The monoisotopic (exact) mass is 446 g/mol. The number of rotatable bonds is 5. The average Bonchev–Trinajstić information content (AvgIpc) is 3.25. The van der Waals surface area contributed by atoms with Crippen molar-refractivity contribution in [2.45, 2.75) is 26.3 Å². The fraction of sp³-hybridized carbons (Fsp3) is 0.421. The van der Waals surface area contributed by atoms with E-state index in [1.54, 1.807) is 0 Å². The summed E-state index contributed by atoms with van der Waals surface area (Å²) >= 11 is 3.47. The van der Waals surface area contributed by atoms with E-state index in [0.717, 1.165) is 55.4 Å². The third kappa shape index (κ3) is 3.96. The Morgan fingerprint density at radius 1 is 1.36 bits per heavy atom. The number of fused-ring (bicyclic) bond motifs is 1. The Kier molecular flexibility index (Phi) is 5.47. The van der Waals surface area contributed by atoms with Crippen LogP contribution in [0.5, 0.6) is 0 Å². The zero-order chi connectivity index (χ0) is 19.7. The highest BCUT2D eigenvalue weighted by Crippen LogP contribution is 2.26. The Bertz CT molecular complexity index is 990. The van der Waals surface area contributed by atoms with Crippen molar-refractivity contribution in [1.29, 1.82) is 0 Å². The normalized spacial score (nSPS) is 15.4. The average molecular weight is 447 g/mol. The van der Waals surface area contributed by atoms with Crippen LogP contribution >= 0.6 is 15.9 Å². The van der Waals surface area contributed by atoms with Crippen LogP contribution in [0.25, 0.3) is 11.0 Å². The zero-order valence-corrected chi connectivity index (χ0v) is 17.5. The van der Waals surface area contributed by atoms with Gasteiger partial charge in [-0.2, -0.15) is 5.10 Å². The Morgan fingerprint density at radius 3 is 2.86 bits per heavy atom. The van der Waals surface area contributed by atoms with E-state index in [2.05, 4.69) is 46.3 Å². The van der Waals surface area contributed by atoms with Gasteiger partial charge >= 0.3 is 0 Å². The van der Waals surface area contributed by atoms with Crippen molar-refractivity contribution < 1.29 is 9.53 Å². The first kappa shape index (κ1) is 19.1. The second-order valence-electron chi connectivity index (χ2n) is 7.21. The fourth-order valence-corrected chi connectivity index (χ4v) is 4.07. The highest BCUT2D eigenvalue weighted by Gasteiger charge is 2.20. The van der Waals surface area contributed by atoms with Gasteiger partial charge in [-0.3, -0.25) is 14.8 Å². The maximum absolute atomic E-state index is 12.6. The number of amides is 1. The number of ether oxygens (including phenoxy) is 1. The molecule has 1 amide bonds. The lowest BCUT2D eigenvalue weighted by molar-refractivity contribution is 0.0332. The highest BCUT2D eigenvalue weighted by molar-refractivity contribution is 9.10. The molecule has 1 saturated heterocycles. The number of aromatic nitrogens is 4. The van der Waals surface area contributed by atoms with Gasteiger partial charge in [0.15, 0.2) is 5.69 Å². The summed E-state index contributed by atoms with van der Waals surface area (Å²) in [7, 11) is 0. The quantitative estimate of drug-likeness (QED) is 0.558. The van der Waals surface area contributed by atoms with E-state index in [4.69, 9.17) is 4.74 Å². The van der Waals surface area contributed by atoms with Gasteiger partial charge in [-0.1, -0.05) is 13.8 Å².